The van der Waals surface area contributed by atoms with E-state index in [0.717, 1.165) is 12.1 Å². The summed E-state index contributed by atoms with van der Waals surface area (Å²) in [6.07, 6.45) is 2.77. The molecule has 1 aromatic heterocycles. The van der Waals surface area contributed by atoms with Crippen molar-refractivity contribution in [2.45, 2.75) is 4.90 Å². The zero-order chi connectivity index (χ0) is 14.0. The molecule has 0 saturated carbocycles. The Kier molecular flexibility index (Phi) is 3.81. The Balaban J connectivity index is 2.41. The summed E-state index contributed by atoms with van der Waals surface area (Å²) in [5.74, 6) is -2.00. The molecule has 0 spiro atoms. The zero-order valence-electron chi connectivity index (χ0n) is 9.27. The fraction of sp³-hybridized carbons (Fsp3) is 0. The molecule has 1 heterocycles. The molecule has 1 N–H and O–H groups in total. The first-order chi connectivity index (χ1) is 8.90. The van der Waals surface area contributed by atoms with Crippen LogP contribution in [0.25, 0.3) is 0 Å². The van der Waals surface area contributed by atoms with E-state index in [0.29, 0.717) is 10.5 Å². The van der Waals surface area contributed by atoms with Gasteiger partial charge in [-0.15, -0.1) is 0 Å². The van der Waals surface area contributed by atoms with Gasteiger partial charge in [-0.25, -0.2) is 17.2 Å². The number of hydrogen-bond donors (Lipinski definition) is 1. The van der Waals surface area contributed by atoms with E-state index in [9.17, 15) is 17.2 Å². The number of rotatable bonds is 3. The summed E-state index contributed by atoms with van der Waals surface area (Å²) in [6, 6.07) is 3.65. The third-order valence-electron chi connectivity index (χ3n) is 2.20. The number of nitrogens with zero attached hydrogens (tertiary/aromatic N) is 1. The predicted octanol–water partition coefficient (Wildman–Crippen LogP) is 2.92. The van der Waals surface area contributed by atoms with Crippen LogP contribution in [0.2, 0.25) is 0 Å². The summed E-state index contributed by atoms with van der Waals surface area (Å²) in [5, 5.41) is 0. The number of anilines is 1. The number of nitrogens with one attached hydrogen (secondary N) is 1. The molecule has 19 heavy (non-hydrogen) atoms. The molecule has 0 aliphatic rings. The second-order valence-electron chi connectivity index (χ2n) is 3.54. The number of halogens is 3. The quantitative estimate of drug-likeness (QED) is 0.927. The second kappa shape index (κ2) is 5.22. The lowest BCUT2D eigenvalue weighted by molar-refractivity contribution is 0.551. The molecule has 100 valence electrons. The molecule has 0 radical (unpaired) electrons. The summed E-state index contributed by atoms with van der Waals surface area (Å²) in [5.41, 5.74) is 0.207. The van der Waals surface area contributed by atoms with Crippen molar-refractivity contribution in [3.05, 3.63) is 52.8 Å². The van der Waals surface area contributed by atoms with Gasteiger partial charge in [-0.3, -0.25) is 9.71 Å². The van der Waals surface area contributed by atoms with Gasteiger partial charge < -0.3 is 0 Å². The summed E-state index contributed by atoms with van der Waals surface area (Å²) in [4.78, 5) is 3.14. The molecular weight excluding hydrogens is 342 g/mol. The Labute approximate surface area is 116 Å². The smallest absolute Gasteiger partial charge is 0.264 e. The highest BCUT2D eigenvalue weighted by atomic mass is 79.9. The molecule has 4 nitrogen and oxygen atoms in total. The monoisotopic (exact) mass is 348 g/mol. The summed E-state index contributed by atoms with van der Waals surface area (Å²) < 4.78 is 52.8. The molecule has 1 aromatic carbocycles. The maximum atomic E-state index is 13.5. The second-order valence-corrected chi connectivity index (χ2v) is 6.04. The number of aromatic nitrogens is 1. The van der Waals surface area contributed by atoms with E-state index in [-0.39, 0.29) is 5.69 Å². The van der Waals surface area contributed by atoms with Crippen LogP contribution in [0.3, 0.4) is 0 Å². The molecular formula is C11H7BrF2N2O2S. The van der Waals surface area contributed by atoms with E-state index in [1.165, 1.54) is 18.5 Å². The van der Waals surface area contributed by atoms with Crippen molar-refractivity contribution < 1.29 is 17.2 Å². The lowest BCUT2D eigenvalue weighted by Gasteiger charge is -2.09. The van der Waals surface area contributed by atoms with Crippen LogP contribution < -0.4 is 4.72 Å². The summed E-state index contributed by atoms with van der Waals surface area (Å²) in [7, 11) is -4.13. The van der Waals surface area contributed by atoms with Crippen molar-refractivity contribution in [2.75, 3.05) is 4.72 Å². The van der Waals surface area contributed by atoms with E-state index < -0.39 is 26.6 Å². The van der Waals surface area contributed by atoms with Crippen molar-refractivity contribution in [1.82, 2.24) is 4.98 Å². The Morgan fingerprint density at radius 2 is 1.95 bits per heavy atom. The van der Waals surface area contributed by atoms with Crippen LogP contribution >= 0.6 is 15.9 Å². The third-order valence-corrected chi connectivity index (χ3v) is 4.23. The van der Waals surface area contributed by atoms with Crippen LogP contribution in [0.15, 0.2) is 46.0 Å². The highest BCUT2D eigenvalue weighted by Crippen LogP contribution is 2.24. The Morgan fingerprint density at radius 3 is 2.58 bits per heavy atom. The minimum Gasteiger partial charge on any atom is -0.278 e. The number of sulfonamides is 1. The van der Waals surface area contributed by atoms with Gasteiger partial charge in [0.15, 0.2) is 0 Å². The maximum Gasteiger partial charge on any atom is 0.264 e. The molecule has 0 aliphatic heterocycles. The van der Waals surface area contributed by atoms with E-state index in [2.05, 4.69) is 25.6 Å². The first-order valence-electron chi connectivity index (χ1n) is 4.97. The molecule has 0 amide bonds. The van der Waals surface area contributed by atoms with E-state index in [1.54, 1.807) is 0 Å². The topological polar surface area (TPSA) is 59.1 Å². The van der Waals surface area contributed by atoms with E-state index in [1.807, 2.05) is 0 Å². The van der Waals surface area contributed by atoms with Gasteiger partial charge in [-0.2, -0.15) is 0 Å². The van der Waals surface area contributed by atoms with E-state index >= 15 is 0 Å². The van der Waals surface area contributed by atoms with Crippen LogP contribution in [0, 0.1) is 11.6 Å². The largest absolute Gasteiger partial charge is 0.278 e. The van der Waals surface area contributed by atoms with Gasteiger partial charge in [0.05, 0.1) is 10.2 Å². The molecule has 8 heteroatoms. The van der Waals surface area contributed by atoms with Gasteiger partial charge in [-0.05, 0) is 34.1 Å². The van der Waals surface area contributed by atoms with Gasteiger partial charge >= 0.3 is 0 Å². The number of benzene rings is 1. The zero-order valence-corrected chi connectivity index (χ0v) is 11.7. The molecule has 0 bridgehead atoms. The fourth-order valence-electron chi connectivity index (χ4n) is 1.35. The van der Waals surface area contributed by atoms with Gasteiger partial charge in [0.1, 0.15) is 16.5 Å². The minimum absolute atomic E-state index is 0.207. The molecule has 2 aromatic rings. The Morgan fingerprint density at radius 1 is 1.21 bits per heavy atom. The summed E-state index contributed by atoms with van der Waals surface area (Å²) >= 11 is 3.11. The van der Waals surface area contributed by atoms with Gasteiger partial charge in [-0.1, -0.05) is 0 Å². The molecule has 2 rings (SSSR count). The predicted molar refractivity (Wildman–Crippen MR) is 69.1 cm³/mol. The molecule has 0 aliphatic carbocycles. The van der Waals surface area contributed by atoms with Crippen molar-refractivity contribution in [3.8, 4) is 0 Å². The molecule has 0 atom stereocenters. The van der Waals surface area contributed by atoms with E-state index in [4.69, 9.17) is 0 Å². The number of pyridine rings is 1. The molecule has 0 saturated heterocycles. The van der Waals surface area contributed by atoms with Crippen LogP contribution in [0.1, 0.15) is 0 Å². The average Bonchev–Trinajstić information content (AvgIpc) is 2.31. The van der Waals surface area contributed by atoms with Crippen LogP contribution in [0.4, 0.5) is 14.5 Å². The van der Waals surface area contributed by atoms with Gasteiger partial charge in [0.2, 0.25) is 0 Å². The highest BCUT2D eigenvalue weighted by Gasteiger charge is 2.20. The Bertz CT molecular complexity index is 722. The van der Waals surface area contributed by atoms with Crippen molar-refractivity contribution in [2.24, 2.45) is 0 Å². The van der Waals surface area contributed by atoms with Crippen LogP contribution in [-0.4, -0.2) is 13.4 Å². The van der Waals surface area contributed by atoms with Crippen LogP contribution in [0.5, 0.6) is 0 Å². The average molecular weight is 349 g/mol. The third kappa shape index (κ3) is 3.07. The first kappa shape index (κ1) is 13.9. The SMILES string of the molecule is O=S(=O)(Nc1ccncc1Br)c1ccc(F)cc1F. The first-order valence-corrected chi connectivity index (χ1v) is 7.25. The Hall–Kier alpha value is -1.54. The standard InChI is InChI=1S/C11H7BrF2N2O2S/c12-8-6-15-4-3-10(8)16-19(17,18)11-2-1-7(13)5-9(11)14/h1-6H,(H,15,16). The fourth-order valence-corrected chi connectivity index (χ4v) is 2.97. The van der Waals surface area contributed by atoms with Crippen molar-refractivity contribution in [1.29, 1.82) is 0 Å². The lowest BCUT2D eigenvalue weighted by atomic mass is 10.3. The van der Waals surface area contributed by atoms with Crippen molar-refractivity contribution in [3.63, 3.8) is 0 Å². The molecule has 0 unspecified atom stereocenters. The number of hydrogen-bond acceptors (Lipinski definition) is 3. The van der Waals surface area contributed by atoms with Gasteiger partial charge in [0.25, 0.3) is 10.0 Å². The van der Waals surface area contributed by atoms with Crippen LogP contribution in [-0.2, 0) is 10.0 Å². The minimum atomic E-state index is -4.13. The lowest BCUT2D eigenvalue weighted by Crippen LogP contribution is -2.15. The normalized spacial score (nSPS) is 11.3. The molecule has 0 fully saturated rings. The van der Waals surface area contributed by atoms with Gasteiger partial charge in [0, 0.05) is 18.5 Å². The highest BCUT2D eigenvalue weighted by molar-refractivity contribution is 9.10. The van der Waals surface area contributed by atoms with Crippen molar-refractivity contribution >= 4 is 31.6 Å². The summed E-state index contributed by atoms with van der Waals surface area (Å²) in [6.45, 7) is 0. The maximum absolute atomic E-state index is 13.5.